The third-order valence-corrected chi connectivity index (χ3v) is 1.93. The first-order valence-corrected chi connectivity index (χ1v) is 4.98. The van der Waals surface area contributed by atoms with Gasteiger partial charge in [-0.15, -0.1) is 0 Å². The molecule has 0 aromatic heterocycles. The molecule has 0 heterocycles. The van der Waals surface area contributed by atoms with Crippen molar-refractivity contribution in [3.8, 4) is 0 Å². The number of unbranched alkanes of at least 4 members (excludes halogenated alkanes) is 4. The van der Waals surface area contributed by atoms with Crippen molar-refractivity contribution in [2.45, 2.75) is 46.0 Å². The summed E-state index contributed by atoms with van der Waals surface area (Å²) in [6, 6.07) is 0. The first-order valence-electron chi connectivity index (χ1n) is 4.98. The molecule has 0 aliphatic heterocycles. The van der Waals surface area contributed by atoms with E-state index in [0.717, 1.165) is 0 Å². The zero-order valence-corrected chi connectivity index (χ0v) is 8.34. The largest absolute Gasteiger partial charge is 0.313 e. The molecule has 0 radical (unpaired) electrons. The fourth-order valence-electron chi connectivity index (χ4n) is 1.06. The van der Waals surface area contributed by atoms with E-state index in [-0.39, 0.29) is 0 Å². The lowest BCUT2D eigenvalue weighted by atomic mass is 10.1. The van der Waals surface area contributed by atoms with Crippen LogP contribution in [0.2, 0.25) is 0 Å². The van der Waals surface area contributed by atoms with E-state index in [0.29, 0.717) is 5.92 Å². The minimum absolute atomic E-state index is 0.316. The van der Waals surface area contributed by atoms with E-state index in [9.17, 15) is 0 Å². The Bertz CT molecular complexity index is 127. The van der Waals surface area contributed by atoms with Gasteiger partial charge in [0.05, 0.1) is 0 Å². The van der Waals surface area contributed by atoms with Crippen LogP contribution in [0.5, 0.6) is 0 Å². The summed E-state index contributed by atoms with van der Waals surface area (Å²) in [5.74, 6) is 0.316. The first kappa shape index (κ1) is 11.4. The number of nitrogens with one attached hydrogen (secondary N) is 1. The van der Waals surface area contributed by atoms with Gasteiger partial charge in [0, 0.05) is 12.1 Å². The summed E-state index contributed by atoms with van der Waals surface area (Å²) >= 11 is 0. The summed E-state index contributed by atoms with van der Waals surface area (Å²) in [5, 5.41) is 6.98. The van der Waals surface area contributed by atoms with Gasteiger partial charge in [-0.05, 0) is 12.8 Å². The number of hydrogen-bond acceptors (Lipinski definition) is 1. The molecule has 0 amide bonds. The molecule has 0 spiro atoms. The second kappa shape index (κ2) is 8.51. The molecule has 1 unspecified atom stereocenters. The molecule has 0 aliphatic rings. The van der Waals surface area contributed by atoms with Crippen LogP contribution in [-0.4, -0.2) is 6.21 Å². The van der Waals surface area contributed by atoms with E-state index in [1.165, 1.54) is 38.3 Å². The van der Waals surface area contributed by atoms with Crippen LogP contribution in [0.3, 0.4) is 0 Å². The number of hydrogen-bond donors (Lipinski definition) is 1. The number of rotatable bonds is 7. The van der Waals surface area contributed by atoms with Crippen molar-refractivity contribution in [3.63, 3.8) is 0 Å². The van der Waals surface area contributed by atoms with Crippen LogP contribution in [0.15, 0.2) is 12.2 Å². The lowest BCUT2D eigenvalue weighted by Gasteiger charge is -1.96. The third kappa shape index (κ3) is 7.52. The molecule has 1 N–H and O–H groups in total. The van der Waals surface area contributed by atoms with Gasteiger partial charge < -0.3 is 5.41 Å². The zero-order chi connectivity index (χ0) is 9.23. The van der Waals surface area contributed by atoms with Gasteiger partial charge >= 0.3 is 0 Å². The second-order valence-electron chi connectivity index (χ2n) is 3.30. The standard InChI is InChI=1S/C11H21N/c1-3-4-5-6-7-8-9-11(2)10-12/h8-12H,3-7H2,1-2H3. The summed E-state index contributed by atoms with van der Waals surface area (Å²) in [7, 11) is 0. The smallest absolute Gasteiger partial charge is 0.00864 e. The highest BCUT2D eigenvalue weighted by Gasteiger charge is 1.88. The van der Waals surface area contributed by atoms with Gasteiger partial charge in [-0.3, -0.25) is 0 Å². The van der Waals surface area contributed by atoms with Gasteiger partial charge in [-0.25, -0.2) is 0 Å². The van der Waals surface area contributed by atoms with Crippen molar-refractivity contribution in [1.82, 2.24) is 0 Å². The van der Waals surface area contributed by atoms with Crippen molar-refractivity contribution in [2.24, 2.45) is 5.92 Å². The van der Waals surface area contributed by atoms with Crippen LogP contribution >= 0.6 is 0 Å². The average molecular weight is 167 g/mol. The van der Waals surface area contributed by atoms with Crippen LogP contribution in [0.25, 0.3) is 0 Å². The maximum Gasteiger partial charge on any atom is 0.00864 e. The van der Waals surface area contributed by atoms with Crippen molar-refractivity contribution in [3.05, 3.63) is 12.2 Å². The Balaban J connectivity index is 3.18. The van der Waals surface area contributed by atoms with Crippen molar-refractivity contribution in [1.29, 1.82) is 5.41 Å². The minimum Gasteiger partial charge on any atom is -0.313 e. The SMILES string of the molecule is CCCCCCC=CC(C)C=N. The Kier molecular flexibility index (Phi) is 8.09. The summed E-state index contributed by atoms with van der Waals surface area (Å²) in [6.45, 7) is 4.27. The molecule has 1 heteroatoms. The molecular formula is C11H21N. The predicted molar refractivity (Wildman–Crippen MR) is 55.8 cm³/mol. The van der Waals surface area contributed by atoms with Gasteiger partial charge in [-0.2, -0.15) is 0 Å². The normalized spacial score (nSPS) is 13.5. The van der Waals surface area contributed by atoms with Crippen molar-refractivity contribution >= 4 is 6.21 Å². The van der Waals surface area contributed by atoms with Crippen LogP contribution < -0.4 is 0 Å². The summed E-state index contributed by atoms with van der Waals surface area (Å²) < 4.78 is 0. The van der Waals surface area contributed by atoms with E-state index in [2.05, 4.69) is 19.1 Å². The molecule has 0 aliphatic carbocycles. The Labute approximate surface area is 76.4 Å². The molecule has 0 saturated carbocycles. The van der Waals surface area contributed by atoms with Crippen molar-refractivity contribution in [2.75, 3.05) is 0 Å². The van der Waals surface area contributed by atoms with Gasteiger partial charge in [0.15, 0.2) is 0 Å². The zero-order valence-electron chi connectivity index (χ0n) is 8.34. The highest BCUT2D eigenvalue weighted by molar-refractivity contribution is 5.58. The maximum absolute atomic E-state index is 6.98. The fourth-order valence-corrected chi connectivity index (χ4v) is 1.06. The number of allylic oxidation sites excluding steroid dienone is 2. The van der Waals surface area contributed by atoms with Gasteiger partial charge in [0.25, 0.3) is 0 Å². The van der Waals surface area contributed by atoms with Crippen LogP contribution in [0, 0.1) is 11.3 Å². The lowest BCUT2D eigenvalue weighted by molar-refractivity contribution is 0.673. The summed E-state index contributed by atoms with van der Waals surface area (Å²) in [4.78, 5) is 0. The highest BCUT2D eigenvalue weighted by Crippen LogP contribution is 2.03. The Morgan fingerprint density at radius 2 is 2.00 bits per heavy atom. The van der Waals surface area contributed by atoms with E-state index in [1.807, 2.05) is 6.92 Å². The molecule has 1 nitrogen and oxygen atoms in total. The van der Waals surface area contributed by atoms with E-state index in [4.69, 9.17) is 5.41 Å². The average Bonchev–Trinajstić information content (AvgIpc) is 2.10. The Morgan fingerprint density at radius 3 is 2.58 bits per heavy atom. The molecule has 0 aromatic carbocycles. The Morgan fingerprint density at radius 1 is 1.25 bits per heavy atom. The molecule has 12 heavy (non-hydrogen) atoms. The maximum atomic E-state index is 6.98. The quantitative estimate of drug-likeness (QED) is 0.339. The van der Waals surface area contributed by atoms with E-state index in [1.54, 1.807) is 0 Å². The topological polar surface area (TPSA) is 23.9 Å². The molecule has 0 fully saturated rings. The monoisotopic (exact) mass is 167 g/mol. The van der Waals surface area contributed by atoms with Gasteiger partial charge in [0.1, 0.15) is 0 Å². The van der Waals surface area contributed by atoms with Crippen LogP contribution in [0.1, 0.15) is 46.0 Å². The molecule has 0 aromatic rings. The second-order valence-corrected chi connectivity index (χ2v) is 3.30. The van der Waals surface area contributed by atoms with Crippen LogP contribution in [-0.2, 0) is 0 Å². The van der Waals surface area contributed by atoms with Crippen molar-refractivity contribution < 1.29 is 0 Å². The molecular weight excluding hydrogens is 146 g/mol. The summed E-state index contributed by atoms with van der Waals surface area (Å²) in [5.41, 5.74) is 0. The lowest BCUT2D eigenvalue weighted by Crippen LogP contribution is -1.87. The van der Waals surface area contributed by atoms with Gasteiger partial charge in [0.2, 0.25) is 0 Å². The Hall–Kier alpha value is -0.590. The first-order chi connectivity index (χ1) is 5.81. The molecule has 0 rings (SSSR count). The van der Waals surface area contributed by atoms with Gasteiger partial charge in [-0.1, -0.05) is 45.3 Å². The highest BCUT2D eigenvalue weighted by atomic mass is 14.3. The summed E-state index contributed by atoms with van der Waals surface area (Å²) in [6.07, 6.45) is 12.3. The van der Waals surface area contributed by atoms with E-state index < -0.39 is 0 Å². The molecule has 1 atom stereocenters. The molecule has 70 valence electrons. The fraction of sp³-hybridized carbons (Fsp3) is 0.727. The predicted octanol–water partition coefficient (Wildman–Crippen LogP) is 3.80. The third-order valence-electron chi connectivity index (χ3n) is 1.93. The molecule has 0 bridgehead atoms. The molecule has 0 saturated heterocycles. The van der Waals surface area contributed by atoms with Crippen LogP contribution in [0.4, 0.5) is 0 Å². The van der Waals surface area contributed by atoms with E-state index >= 15 is 0 Å². The minimum atomic E-state index is 0.316.